The zero-order chi connectivity index (χ0) is 7.56. The Hall–Kier alpha value is -0.530. The van der Waals surface area contributed by atoms with Crippen LogP contribution in [0.2, 0.25) is 0 Å². The Bertz CT molecular complexity index is 129. The minimum absolute atomic E-state index is 0.00806. The van der Waals surface area contributed by atoms with E-state index < -0.39 is 0 Å². The zero-order valence-corrected chi connectivity index (χ0v) is 6.59. The Kier molecular flexibility index (Phi) is 2.30. The molecule has 0 N–H and O–H groups in total. The van der Waals surface area contributed by atoms with Crippen molar-refractivity contribution >= 4 is 5.97 Å². The molecule has 10 heavy (non-hydrogen) atoms. The van der Waals surface area contributed by atoms with Crippen LogP contribution in [0.15, 0.2) is 0 Å². The Morgan fingerprint density at radius 3 is 2.80 bits per heavy atom. The number of carbonyl (C=O) groups is 1. The summed E-state index contributed by atoms with van der Waals surface area (Å²) in [7, 11) is 0. The van der Waals surface area contributed by atoms with Gasteiger partial charge in [-0.2, -0.15) is 0 Å². The van der Waals surface area contributed by atoms with Crippen LogP contribution < -0.4 is 0 Å². The van der Waals surface area contributed by atoms with Crippen LogP contribution in [0, 0.1) is 11.8 Å². The highest BCUT2D eigenvalue weighted by Crippen LogP contribution is 2.21. The van der Waals surface area contributed by atoms with Crippen LogP contribution in [-0.4, -0.2) is 12.6 Å². The summed E-state index contributed by atoms with van der Waals surface area (Å²) in [4.78, 5) is 10.9. The topological polar surface area (TPSA) is 26.3 Å². The molecule has 2 nitrogen and oxygen atoms in total. The number of carbonyl (C=O) groups excluding carboxylic acids is 1. The summed E-state index contributed by atoms with van der Waals surface area (Å²) in [6.45, 7) is 4.90. The van der Waals surface area contributed by atoms with Gasteiger partial charge < -0.3 is 4.74 Å². The summed E-state index contributed by atoms with van der Waals surface area (Å²) >= 11 is 0. The molecule has 2 heteroatoms. The first-order valence-electron chi connectivity index (χ1n) is 3.87. The third kappa shape index (κ3) is 1.72. The lowest BCUT2D eigenvalue weighted by Gasteiger charge is -2.06. The third-order valence-corrected chi connectivity index (χ3v) is 1.80. The van der Waals surface area contributed by atoms with Crippen molar-refractivity contribution in [1.29, 1.82) is 0 Å². The monoisotopic (exact) mass is 142 g/mol. The minimum Gasteiger partial charge on any atom is -0.465 e. The number of rotatable bonds is 2. The molecule has 0 aromatic carbocycles. The Morgan fingerprint density at radius 1 is 1.70 bits per heavy atom. The van der Waals surface area contributed by atoms with Gasteiger partial charge in [0.2, 0.25) is 0 Å². The summed E-state index contributed by atoms with van der Waals surface area (Å²) in [6.07, 6.45) is 1.91. The van der Waals surface area contributed by atoms with Gasteiger partial charge in [0.05, 0.1) is 12.5 Å². The highest BCUT2D eigenvalue weighted by Gasteiger charge is 2.26. The van der Waals surface area contributed by atoms with Gasteiger partial charge in [0, 0.05) is 0 Å². The molecule has 0 bridgehead atoms. The second-order valence-electron chi connectivity index (χ2n) is 3.28. The SMILES string of the molecule is CC(C)CC1CCOC1=O. The van der Waals surface area contributed by atoms with Crippen LogP contribution in [0.5, 0.6) is 0 Å². The molecular weight excluding hydrogens is 128 g/mol. The Labute approximate surface area is 61.6 Å². The first-order valence-corrected chi connectivity index (χ1v) is 3.87. The van der Waals surface area contributed by atoms with Crippen LogP contribution in [-0.2, 0) is 9.53 Å². The van der Waals surface area contributed by atoms with Gasteiger partial charge in [0.1, 0.15) is 0 Å². The first-order chi connectivity index (χ1) is 4.70. The quantitative estimate of drug-likeness (QED) is 0.547. The highest BCUT2D eigenvalue weighted by atomic mass is 16.5. The average molecular weight is 142 g/mol. The molecule has 1 rings (SSSR count). The van der Waals surface area contributed by atoms with E-state index in [1.165, 1.54) is 0 Å². The predicted octanol–water partition coefficient (Wildman–Crippen LogP) is 1.60. The number of esters is 1. The molecule has 1 saturated heterocycles. The van der Waals surface area contributed by atoms with Crippen LogP contribution in [0.25, 0.3) is 0 Å². The smallest absolute Gasteiger partial charge is 0.309 e. The highest BCUT2D eigenvalue weighted by molar-refractivity contribution is 5.74. The van der Waals surface area contributed by atoms with Gasteiger partial charge in [0.15, 0.2) is 0 Å². The average Bonchev–Trinajstić information content (AvgIpc) is 2.15. The van der Waals surface area contributed by atoms with Crippen LogP contribution in [0.1, 0.15) is 26.7 Å². The predicted molar refractivity (Wildman–Crippen MR) is 38.5 cm³/mol. The molecule has 1 aliphatic heterocycles. The van der Waals surface area contributed by atoms with Crippen LogP contribution in [0.4, 0.5) is 0 Å². The standard InChI is InChI=1S/C8H14O2/c1-6(2)5-7-3-4-10-8(7)9/h6-7H,3-5H2,1-2H3. The first kappa shape index (κ1) is 7.58. The summed E-state index contributed by atoms with van der Waals surface area (Å²) in [6, 6.07) is 0. The van der Waals surface area contributed by atoms with Crippen molar-refractivity contribution in [3.8, 4) is 0 Å². The summed E-state index contributed by atoms with van der Waals surface area (Å²) in [5.41, 5.74) is 0. The van der Waals surface area contributed by atoms with E-state index in [9.17, 15) is 4.79 Å². The van der Waals surface area contributed by atoms with Gasteiger partial charge in [-0.3, -0.25) is 4.79 Å². The van der Waals surface area contributed by atoms with Crippen molar-refractivity contribution in [3.05, 3.63) is 0 Å². The van der Waals surface area contributed by atoms with Crippen molar-refractivity contribution in [1.82, 2.24) is 0 Å². The fraction of sp³-hybridized carbons (Fsp3) is 0.875. The van der Waals surface area contributed by atoms with E-state index in [1.54, 1.807) is 0 Å². The number of cyclic esters (lactones) is 1. The lowest BCUT2D eigenvalue weighted by molar-refractivity contribution is -0.141. The summed E-state index contributed by atoms with van der Waals surface area (Å²) in [5, 5.41) is 0. The zero-order valence-electron chi connectivity index (χ0n) is 6.59. The van der Waals surface area contributed by atoms with Crippen molar-refractivity contribution in [3.63, 3.8) is 0 Å². The van der Waals surface area contributed by atoms with Gasteiger partial charge in [-0.1, -0.05) is 13.8 Å². The van der Waals surface area contributed by atoms with Gasteiger partial charge in [0.25, 0.3) is 0 Å². The molecule has 0 aromatic heterocycles. The molecule has 0 spiro atoms. The van der Waals surface area contributed by atoms with Crippen LogP contribution >= 0.6 is 0 Å². The molecule has 1 unspecified atom stereocenters. The maximum atomic E-state index is 10.9. The van der Waals surface area contributed by atoms with Gasteiger partial charge >= 0.3 is 5.97 Å². The lowest BCUT2D eigenvalue weighted by Crippen LogP contribution is -2.09. The number of ether oxygens (including phenoxy) is 1. The number of hydrogen-bond acceptors (Lipinski definition) is 2. The lowest BCUT2D eigenvalue weighted by atomic mass is 9.96. The van der Waals surface area contributed by atoms with Gasteiger partial charge in [-0.15, -0.1) is 0 Å². The molecule has 1 heterocycles. The second-order valence-corrected chi connectivity index (χ2v) is 3.28. The van der Waals surface area contributed by atoms with Gasteiger partial charge in [-0.25, -0.2) is 0 Å². The fourth-order valence-electron chi connectivity index (χ4n) is 1.32. The minimum atomic E-state index is 0.00806. The van der Waals surface area contributed by atoms with Crippen molar-refractivity contribution < 1.29 is 9.53 Å². The number of hydrogen-bond donors (Lipinski definition) is 0. The van der Waals surface area contributed by atoms with E-state index in [4.69, 9.17) is 4.74 Å². The van der Waals surface area contributed by atoms with E-state index in [2.05, 4.69) is 13.8 Å². The third-order valence-electron chi connectivity index (χ3n) is 1.80. The molecule has 0 aliphatic carbocycles. The van der Waals surface area contributed by atoms with Crippen molar-refractivity contribution in [2.75, 3.05) is 6.61 Å². The Morgan fingerprint density at radius 2 is 2.40 bits per heavy atom. The molecular formula is C8H14O2. The summed E-state index contributed by atoms with van der Waals surface area (Å²) < 4.78 is 4.83. The molecule has 1 fully saturated rings. The second kappa shape index (κ2) is 3.04. The van der Waals surface area contributed by atoms with E-state index in [0.29, 0.717) is 12.5 Å². The van der Waals surface area contributed by atoms with E-state index >= 15 is 0 Å². The Balaban J connectivity index is 2.33. The summed E-state index contributed by atoms with van der Waals surface area (Å²) in [5.74, 6) is 0.810. The normalized spacial score (nSPS) is 25.5. The van der Waals surface area contributed by atoms with Gasteiger partial charge in [-0.05, 0) is 18.8 Å². The van der Waals surface area contributed by atoms with Crippen molar-refractivity contribution in [2.45, 2.75) is 26.7 Å². The molecule has 0 aromatic rings. The molecule has 0 radical (unpaired) electrons. The van der Waals surface area contributed by atoms with Crippen LogP contribution in [0.3, 0.4) is 0 Å². The van der Waals surface area contributed by atoms with E-state index in [0.717, 1.165) is 12.8 Å². The maximum Gasteiger partial charge on any atom is 0.309 e. The molecule has 0 amide bonds. The van der Waals surface area contributed by atoms with E-state index in [1.807, 2.05) is 0 Å². The molecule has 1 atom stereocenters. The largest absolute Gasteiger partial charge is 0.465 e. The van der Waals surface area contributed by atoms with E-state index in [-0.39, 0.29) is 11.9 Å². The molecule has 1 aliphatic rings. The fourth-order valence-corrected chi connectivity index (χ4v) is 1.32. The molecule has 58 valence electrons. The van der Waals surface area contributed by atoms with Crippen molar-refractivity contribution in [2.24, 2.45) is 11.8 Å². The maximum absolute atomic E-state index is 10.9. The molecule has 0 saturated carbocycles.